The van der Waals surface area contributed by atoms with Crippen molar-refractivity contribution in [2.24, 2.45) is 0 Å². The molecule has 3 rings (SSSR count). The second-order valence-corrected chi connectivity index (χ2v) is 7.40. The summed E-state index contributed by atoms with van der Waals surface area (Å²) in [4.78, 5) is -0.865. The molecule has 1 fully saturated rings. The third-order valence-electron chi connectivity index (χ3n) is 3.58. The van der Waals surface area contributed by atoms with Crippen molar-refractivity contribution in [3.63, 3.8) is 0 Å². The molecule has 1 aliphatic carbocycles. The van der Waals surface area contributed by atoms with Gasteiger partial charge in [-0.1, -0.05) is 28.1 Å². The van der Waals surface area contributed by atoms with E-state index in [0.29, 0.717) is 18.5 Å². The summed E-state index contributed by atoms with van der Waals surface area (Å²) < 4.78 is 70.1. The highest BCUT2D eigenvalue weighted by Crippen LogP contribution is 2.40. The lowest BCUT2D eigenvalue weighted by Crippen LogP contribution is -2.19. The average molecular weight is 426 g/mol. The Morgan fingerprint density at radius 2 is 1.42 bits per heavy atom. The van der Waals surface area contributed by atoms with Crippen LogP contribution in [0.2, 0.25) is 0 Å². The van der Waals surface area contributed by atoms with E-state index in [-0.39, 0.29) is 7.47 Å². The van der Waals surface area contributed by atoms with E-state index >= 15 is 0 Å². The lowest BCUT2D eigenvalue weighted by molar-refractivity contribution is 0.358. The second-order valence-electron chi connectivity index (χ2n) is 5.42. The quantitative estimate of drug-likeness (QED) is 0.247. The summed E-state index contributed by atoms with van der Waals surface area (Å²) >= 11 is 3.89. The molecule has 1 nitrogen and oxygen atoms in total. The molecule has 0 spiro atoms. The first kappa shape index (κ1) is 17.7. The van der Waals surface area contributed by atoms with E-state index in [4.69, 9.17) is 0 Å². The molecule has 0 amide bonds. The van der Waals surface area contributed by atoms with Gasteiger partial charge in [-0.2, -0.15) is 0 Å². The Kier molecular flexibility index (Phi) is 5.17. The molecule has 1 aliphatic rings. The van der Waals surface area contributed by atoms with Crippen LogP contribution < -0.4 is 0 Å². The van der Waals surface area contributed by atoms with Gasteiger partial charge >= 0.3 is 0 Å². The van der Waals surface area contributed by atoms with Gasteiger partial charge in [-0.25, -0.2) is 26.3 Å². The van der Waals surface area contributed by atoms with Gasteiger partial charge in [0.1, 0.15) is 4.90 Å². The summed E-state index contributed by atoms with van der Waals surface area (Å²) in [6.07, 6.45) is 1.64. The Morgan fingerprint density at radius 1 is 0.917 bits per heavy atom. The molecule has 0 aliphatic heterocycles. The normalized spacial score (nSPS) is 14.5. The lowest BCUT2D eigenvalue weighted by atomic mass is 10.2. The molecule has 2 aromatic rings. The van der Waals surface area contributed by atoms with Crippen LogP contribution in [0.4, 0.5) is 22.0 Å². The molecule has 8 heteroatoms. The van der Waals surface area contributed by atoms with E-state index in [1.54, 1.807) is 4.31 Å². The van der Waals surface area contributed by atoms with Crippen LogP contribution in [0.1, 0.15) is 19.8 Å². The van der Waals surface area contributed by atoms with E-state index in [9.17, 15) is 22.0 Å². The van der Waals surface area contributed by atoms with Crippen molar-refractivity contribution >= 4 is 27.9 Å². The second kappa shape index (κ2) is 7.01. The third-order valence-corrected chi connectivity index (χ3v) is 5.32. The topological polar surface area (TPSA) is 3.24 Å². The van der Waals surface area contributed by atoms with Crippen molar-refractivity contribution < 1.29 is 23.4 Å². The number of nitrogens with zero attached hydrogens (tertiary/aromatic N) is 1. The molecular weight excluding hydrogens is 413 g/mol. The van der Waals surface area contributed by atoms with E-state index in [1.165, 1.54) is 0 Å². The standard InChI is InChI=1S/C16H11BrF5NS.H2/c17-9-3-1-8(2-4-9)7-23(10-5-6-10)24-16-14(21)12(19)11(18)13(20)15(16)22;/h1-4,10H,5-7H2;1H. The molecule has 0 bridgehead atoms. The first-order valence-electron chi connectivity index (χ1n) is 7.09. The summed E-state index contributed by atoms with van der Waals surface area (Å²) in [7, 11) is 0. The molecule has 0 heterocycles. The van der Waals surface area contributed by atoms with Gasteiger partial charge in [-0.3, -0.25) is 0 Å². The van der Waals surface area contributed by atoms with Crippen molar-refractivity contribution in [3.05, 3.63) is 63.4 Å². The first-order valence-corrected chi connectivity index (χ1v) is 8.65. The molecule has 0 aromatic heterocycles. The predicted molar refractivity (Wildman–Crippen MR) is 86.9 cm³/mol. The molecule has 0 atom stereocenters. The molecule has 130 valence electrons. The fraction of sp³-hybridized carbons (Fsp3) is 0.250. The van der Waals surface area contributed by atoms with Gasteiger partial charge in [0.05, 0.1) is 0 Å². The van der Waals surface area contributed by atoms with Crippen LogP contribution in [0.15, 0.2) is 33.6 Å². The van der Waals surface area contributed by atoms with Crippen LogP contribution in [0.25, 0.3) is 0 Å². The van der Waals surface area contributed by atoms with Crippen molar-refractivity contribution in [2.45, 2.75) is 30.3 Å². The lowest BCUT2D eigenvalue weighted by Gasteiger charge is -2.21. The summed E-state index contributed by atoms with van der Waals surface area (Å²) in [6, 6.07) is 7.36. The van der Waals surface area contributed by atoms with Gasteiger partial charge < -0.3 is 0 Å². The smallest absolute Gasteiger partial charge is 0.200 e. The molecule has 2 aromatic carbocycles. The van der Waals surface area contributed by atoms with Gasteiger partial charge in [-0.15, -0.1) is 0 Å². The zero-order valence-electron chi connectivity index (χ0n) is 12.1. The van der Waals surface area contributed by atoms with E-state index < -0.39 is 34.0 Å². The Bertz CT molecular complexity index is 741. The fourth-order valence-electron chi connectivity index (χ4n) is 2.15. The molecule has 24 heavy (non-hydrogen) atoms. The van der Waals surface area contributed by atoms with Crippen molar-refractivity contribution in [1.29, 1.82) is 0 Å². The van der Waals surface area contributed by atoms with E-state index in [1.807, 2.05) is 24.3 Å². The van der Waals surface area contributed by atoms with Crippen LogP contribution in [0.5, 0.6) is 0 Å². The highest BCUT2D eigenvalue weighted by atomic mass is 79.9. The highest BCUT2D eigenvalue weighted by Gasteiger charge is 2.34. The number of rotatable bonds is 5. The minimum atomic E-state index is -2.14. The zero-order valence-corrected chi connectivity index (χ0v) is 14.5. The molecule has 1 saturated carbocycles. The SMILES string of the molecule is Fc1c(F)c(F)c(SN(Cc2ccc(Br)cc2)C2CC2)c(F)c1F.[HH]. The van der Waals surface area contributed by atoms with Gasteiger partial charge in [-0.05, 0) is 42.5 Å². The summed E-state index contributed by atoms with van der Waals surface area (Å²) in [5.74, 6) is -9.57. The zero-order chi connectivity index (χ0) is 17.4. The van der Waals surface area contributed by atoms with Crippen molar-refractivity contribution in [2.75, 3.05) is 0 Å². The monoisotopic (exact) mass is 425 g/mol. The van der Waals surface area contributed by atoms with Crippen molar-refractivity contribution in [3.8, 4) is 0 Å². The van der Waals surface area contributed by atoms with Crippen LogP contribution in [-0.4, -0.2) is 10.3 Å². The minimum Gasteiger partial charge on any atom is -0.239 e. The predicted octanol–water partition coefficient (Wildman–Crippen LogP) is 6.06. The van der Waals surface area contributed by atoms with Gasteiger partial charge in [0.2, 0.25) is 5.82 Å². The maximum Gasteiger partial charge on any atom is 0.200 e. The molecule has 0 N–H and O–H groups in total. The van der Waals surface area contributed by atoms with Gasteiger partial charge in [0.15, 0.2) is 23.3 Å². The summed E-state index contributed by atoms with van der Waals surface area (Å²) in [6.45, 7) is 0.335. The number of benzene rings is 2. The van der Waals surface area contributed by atoms with E-state index in [2.05, 4.69) is 15.9 Å². The van der Waals surface area contributed by atoms with E-state index in [0.717, 1.165) is 22.9 Å². The molecule has 0 saturated heterocycles. The van der Waals surface area contributed by atoms with Crippen LogP contribution >= 0.6 is 27.9 Å². The summed E-state index contributed by atoms with van der Waals surface area (Å²) in [5.41, 5.74) is 0.876. The maximum atomic E-state index is 13.9. The Labute approximate surface area is 149 Å². The summed E-state index contributed by atoms with van der Waals surface area (Å²) in [5, 5.41) is 0. The Hall–Kier alpha value is -1.12. The molecule has 0 unspecified atom stereocenters. The van der Waals surface area contributed by atoms with Gasteiger partial charge in [0.25, 0.3) is 0 Å². The Morgan fingerprint density at radius 3 is 1.92 bits per heavy atom. The maximum absolute atomic E-state index is 13.9. The molecule has 0 radical (unpaired) electrons. The average Bonchev–Trinajstić information content (AvgIpc) is 3.41. The minimum absolute atomic E-state index is 0. The highest BCUT2D eigenvalue weighted by molar-refractivity contribution is 9.10. The van der Waals surface area contributed by atoms with Crippen LogP contribution in [0, 0.1) is 29.1 Å². The van der Waals surface area contributed by atoms with Crippen LogP contribution in [0.3, 0.4) is 0 Å². The number of hydrogen-bond donors (Lipinski definition) is 0. The van der Waals surface area contributed by atoms with Crippen LogP contribution in [-0.2, 0) is 6.54 Å². The largest absolute Gasteiger partial charge is 0.239 e. The van der Waals surface area contributed by atoms with Gasteiger partial charge in [0, 0.05) is 18.5 Å². The number of halogens is 6. The first-order chi connectivity index (χ1) is 11.4. The Balaban J connectivity index is 0.00000225. The fourth-order valence-corrected chi connectivity index (χ4v) is 3.56. The third kappa shape index (κ3) is 3.60. The number of hydrogen-bond acceptors (Lipinski definition) is 2. The van der Waals surface area contributed by atoms with Crippen molar-refractivity contribution in [1.82, 2.24) is 4.31 Å². The molecular formula is C16H13BrF5NS.